The van der Waals surface area contributed by atoms with Crippen LogP contribution in [0.25, 0.3) is 18.2 Å². The molecule has 0 bridgehead atoms. The summed E-state index contributed by atoms with van der Waals surface area (Å²) in [6.07, 6.45) is 21.4. The van der Waals surface area contributed by atoms with E-state index < -0.39 is 0 Å². The summed E-state index contributed by atoms with van der Waals surface area (Å²) in [5.41, 5.74) is 8.78. The first-order valence-electron chi connectivity index (χ1n) is 17.0. The van der Waals surface area contributed by atoms with Crippen molar-refractivity contribution >= 4 is 23.9 Å². The number of rotatable bonds is 14. The minimum absolute atomic E-state index is 0.507. The van der Waals surface area contributed by atoms with Gasteiger partial charge in [-0.2, -0.15) is 9.13 Å². The van der Waals surface area contributed by atoms with Gasteiger partial charge in [0.05, 0.1) is 0 Å². The Morgan fingerprint density at radius 2 is 1.20 bits per heavy atom. The second-order valence-corrected chi connectivity index (χ2v) is 11.8. The van der Waals surface area contributed by atoms with Gasteiger partial charge in [0.25, 0.3) is 0 Å². The second-order valence-electron chi connectivity index (χ2n) is 11.8. The van der Waals surface area contributed by atoms with Crippen LogP contribution in [0.5, 0.6) is 0 Å². The van der Waals surface area contributed by atoms with Crippen molar-refractivity contribution in [1.82, 2.24) is 4.90 Å². The lowest BCUT2D eigenvalue weighted by atomic mass is 10.0. The van der Waals surface area contributed by atoms with Gasteiger partial charge in [0.15, 0.2) is 25.5 Å². The SMILES string of the molecule is CCN(CC)c1ccc(C=Cc2cccc[n+]2Cc2ccccc2C[n+]2ccccc2C=CC2=CCC(N(CC)CC)C=C2)cc1. The van der Waals surface area contributed by atoms with Crippen LogP contribution in [0.15, 0.2) is 127 Å². The van der Waals surface area contributed by atoms with Crippen LogP contribution in [0.3, 0.4) is 0 Å². The van der Waals surface area contributed by atoms with E-state index in [0.29, 0.717) is 6.04 Å². The third-order valence-corrected chi connectivity index (χ3v) is 9.05. The smallest absolute Gasteiger partial charge is 0.205 e. The zero-order valence-corrected chi connectivity index (χ0v) is 28.1. The minimum Gasteiger partial charge on any atom is -0.372 e. The lowest BCUT2D eigenvalue weighted by molar-refractivity contribution is -0.695. The van der Waals surface area contributed by atoms with Crippen LogP contribution in [0, 0.1) is 0 Å². The molecule has 0 fully saturated rings. The Morgan fingerprint density at radius 1 is 0.630 bits per heavy atom. The van der Waals surface area contributed by atoms with E-state index in [1.807, 2.05) is 0 Å². The summed E-state index contributed by atoms with van der Waals surface area (Å²) in [5, 5.41) is 0. The molecule has 0 aliphatic heterocycles. The van der Waals surface area contributed by atoms with Crippen LogP contribution in [0.2, 0.25) is 0 Å². The molecule has 1 unspecified atom stereocenters. The highest BCUT2D eigenvalue weighted by Crippen LogP contribution is 2.19. The molecule has 1 aliphatic rings. The van der Waals surface area contributed by atoms with E-state index in [-0.39, 0.29) is 0 Å². The van der Waals surface area contributed by atoms with Crippen LogP contribution < -0.4 is 14.0 Å². The van der Waals surface area contributed by atoms with E-state index in [2.05, 4.69) is 186 Å². The first kappa shape index (κ1) is 32.8. The van der Waals surface area contributed by atoms with Crippen molar-refractivity contribution in [2.24, 2.45) is 0 Å². The molecule has 0 spiro atoms. The molecule has 2 aromatic heterocycles. The minimum atomic E-state index is 0.507. The molecular formula is C42H50N4+2. The lowest BCUT2D eigenvalue weighted by Crippen LogP contribution is -2.40. The molecule has 0 saturated heterocycles. The average Bonchev–Trinajstić information content (AvgIpc) is 3.10. The molecule has 4 nitrogen and oxygen atoms in total. The number of aromatic nitrogens is 2. The zero-order valence-electron chi connectivity index (χ0n) is 28.1. The van der Waals surface area contributed by atoms with Crippen molar-refractivity contribution in [2.45, 2.75) is 53.2 Å². The predicted molar refractivity (Wildman–Crippen MR) is 194 cm³/mol. The van der Waals surface area contributed by atoms with Gasteiger partial charge in [0, 0.05) is 72.4 Å². The number of hydrogen-bond donors (Lipinski definition) is 0. The van der Waals surface area contributed by atoms with Crippen molar-refractivity contribution in [3.05, 3.63) is 155 Å². The van der Waals surface area contributed by atoms with E-state index in [1.165, 1.54) is 39.3 Å². The molecule has 236 valence electrons. The Labute approximate surface area is 277 Å². The maximum atomic E-state index is 2.51. The van der Waals surface area contributed by atoms with Gasteiger partial charge in [-0.1, -0.05) is 68.5 Å². The van der Waals surface area contributed by atoms with E-state index in [0.717, 1.165) is 45.7 Å². The summed E-state index contributed by atoms with van der Waals surface area (Å²) in [6.45, 7) is 14.7. The first-order valence-corrected chi connectivity index (χ1v) is 17.0. The van der Waals surface area contributed by atoms with Gasteiger partial charge in [0.1, 0.15) is 0 Å². The predicted octanol–water partition coefficient (Wildman–Crippen LogP) is 7.98. The maximum Gasteiger partial charge on any atom is 0.205 e. The highest BCUT2D eigenvalue weighted by atomic mass is 15.1. The number of hydrogen-bond acceptors (Lipinski definition) is 2. The van der Waals surface area contributed by atoms with E-state index in [9.17, 15) is 0 Å². The number of pyridine rings is 2. The summed E-state index contributed by atoms with van der Waals surface area (Å²) in [5.74, 6) is 0. The van der Waals surface area contributed by atoms with Crippen LogP contribution in [-0.4, -0.2) is 37.1 Å². The fourth-order valence-corrected chi connectivity index (χ4v) is 6.26. The molecule has 4 aromatic rings. The molecule has 0 saturated carbocycles. The lowest BCUT2D eigenvalue weighted by Gasteiger charge is -2.28. The number of anilines is 1. The number of benzene rings is 2. The van der Waals surface area contributed by atoms with Crippen LogP contribution in [0.4, 0.5) is 5.69 Å². The van der Waals surface area contributed by atoms with Crippen LogP contribution in [0.1, 0.15) is 62.2 Å². The monoisotopic (exact) mass is 610 g/mol. The number of nitrogens with zero attached hydrogens (tertiary/aromatic N) is 4. The molecule has 46 heavy (non-hydrogen) atoms. The van der Waals surface area contributed by atoms with Gasteiger partial charge in [0.2, 0.25) is 11.4 Å². The van der Waals surface area contributed by atoms with Gasteiger partial charge >= 0.3 is 0 Å². The van der Waals surface area contributed by atoms with Gasteiger partial charge < -0.3 is 4.90 Å². The van der Waals surface area contributed by atoms with E-state index >= 15 is 0 Å². The molecule has 0 radical (unpaired) electrons. The highest BCUT2D eigenvalue weighted by Gasteiger charge is 2.17. The highest BCUT2D eigenvalue weighted by molar-refractivity contribution is 5.68. The Hall–Kier alpha value is -4.54. The van der Waals surface area contributed by atoms with Gasteiger partial charge in [-0.05, 0) is 80.9 Å². The molecule has 4 heteroatoms. The standard InChI is InChI=1S/C42H50N4/c1-5-43(6-2)41-27-21-35(22-28-41)19-25-39-17-11-13-31-45(39)33-37-15-9-10-16-38(37)34-46-32-14-12-18-40(46)26-20-36-23-29-42(30-24-36)44(7-3)8-4/h9-29,31-32,42H,5-8,30,33-34H2,1-4H3/q+2. The summed E-state index contributed by atoms with van der Waals surface area (Å²) in [4.78, 5) is 4.88. The van der Waals surface area contributed by atoms with E-state index in [1.54, 1.807) is 0 Å². The summed E-state index contributed by atoms with van der Waals surface area (Å²) in [6, 6.07) is 31.1. The molecule has 1 atom stereocenters. The van der Waals surface area contributed by atoms with Crippen molar-refractivity contribution in [1.29, 1.82) is 0 Å². The number of likely N-dealkylation sites (N-methyl/N-ethyl adjacent to an activating group) is 1. The Balaban J connectivity index is 1.30. The van der Waals surface area contributed by atoms with Gasteiger partial charge in [-0.15, -0.1) is 0 Å². The Morgan fingerprint density at radius 3 is 1.72 bits per heavy atom. The quantitative estimate of drug-likeness (QED) is 0.134. The molecule has 2 aromatic carbocycles. The molecule has 0 N–H and O–H groups in total. The van der Waals surface area contributed by atoms with Crippen molar-refractivity contribution in [3.63, 3.8) is 0 Å². The van der Waals surface area contributed by atoms with Gasteiger partial charge in [-0.3, -0.25) is 4.90 Å². The molecular weight excluding hydrogens is 560 g/mol. The molecule has 2 heterocycles. The van der Waals surface area contributed by atoms with Gasteiger partial charge in [-0.25, -0.2) is 0 Å². The first-order chi connectivity index (χ1) is 22.6. The third kappa shape index (κ3) is 8.58. The summed E-state index contributed by atoms with van der Waals surface area (Å²) < 4.78 is 4.68. The molecule has 0 amide bonds. The van der Waals surface area contributed by atoms with Crippen molar-refractivity contribution < 1.29 is 9.13 Å². The maximum absolute atomic E-state index is 2.51. The largest absolute Gasteiger partial charge is 0.372 e. The van der Waals surface area contributed by atoms with Crippen molar-refractivity contribution in [2.75, 3.05) is 31.1 Å². The topological polar surface area (TPSA) is 14.2 Å². The molecule has 1 aliphatic carbocycles. The normalized spacial score (nSPS) is 14.8. The fourth-order valence-electron chi connectivity index (χ4n) is 6.26. The zero-order chi connectivity index (χ0) is 32.1. The Bertz CT molecular complexity index is 1670. The Kier molecular flexibility index (Phi) is 11.9. The summed E-state index contributed by atoms with van der Waals surface area (Å²) >= 11 is 0. The second kappa shape index (κ2) is 16.7. The average molecular weight is 611 g/mol. The molecule has 5 rings (SSSR count). The number of allylic oxidation sites excluding steroid dienone is 3. The van der Waals surface area contributed by atoms with Crippen LogP contribution in [-0.2, 0) is 13.1 Å². The van der Waals surface area contributed by atoms with Crippen molar-refractivity contribution in [3.8, 4) is 0 Å². The van der Waals surface area contributed by atoms with E-state index in [4.69, 9.17) is 0 Å². The third-order valence-electron chi connectivity index (χ3n) is 9.05. The van der Waals surface area contributed by atoms with Crippen LogP contribution >= 0.6 is 0 Å². The summed E-state index contributed by atoms with van der Waals surface area (Å²) in [7, 11) is 0. The fraction of sp³-hybridized carbons (Fsp3) is 0.286.